The van der Waals surface area contributed by atoms with Gasteiger partial charge >= 0.3 is 0 Å². The molecule has 5 nitrogen and oxygen atoms in total. The Morgan fingerprint density at radius 2 is 2.12 bits per heavy atom. The highest BCUT2D eigenvalue weighted by Gasteiger charge is 2.16. The lowest BCUT2D eigenvalue weighted by Crippen LogP contribution is -2.36. The molecule has 90 valence electrons. The molecule has 1 heterocycles. The molecule has 0 saturated carbocycles. The van der Waals surface area contributed by atoms with Crippen LogP contribution in [0, 0.1) is 10.1 Å². The molecule has 1 aliphatic heterocycles. The molecule has 17 heavy (non-hydrogen) atoms. The normalized spacial score (nSPS) is 15.6. The fraction of sp³-hybridized carbons (Fsp3) is 0.333. The summed E-state index contributed by atoms with van der Waals surface area (Å²) in [5.41, 5.74) is 1.63. The smallest absolute Gasteiger partial charge is 0.276 e. The Morgan fingerprint density at radius 3 is 2.71 bits per heavy atom. The van der Waals surface area contributed by atoms with Crippen molar-refractivity contribution in [2.45, 2.75) is 0 Å². The Morgan fingerprint density at radius 1 is 1.41 bits per heavy atom. The van der Waals surface area contributed by atoms with Crippen LogP contribution < -0.4 is 4.90 Å². The van der Waals surface area contributed by atoms with E-state index in [-0.39, 0.29) is 10.6 Å². The van der Waals surface area contributed by atoms with Gasteiger partial charge in [-0.05, 0) is 12.1 Å². The molecule has 0 aliphatic carbocycles. The Kier molecular flexibility index (Phi) is 3.39. The van der Waals surface area contributed by atoms with Crippen molar-refractivity contribution in [3.63, 3.8) is 0 Å². The van der Waals surface area contributed by atoms with Crippen LogP contribution in [0.15, 0.2) is 24.8 Å². The van der Waals surface area contributed by atoms with E-state index in [2.05, 4.69) is 11.5 Å². The SMILES string of the molecule is C=Cc1cc(N2CCOCC2)ccc1[N+](=O)[O-]. The Balaban J connectivity index is 2.30. The van der Waals surface area contributed by atoms with E-state index in [1.807, 2.05) is 0 Å². The second-order valence-electron chi connectivity index (χ2n) is 3.80. The molecular weight excluding hydrogens is 220 g/mol. The average Bonchev–Trinajstić information content (AvgIpc) is 2.39. The minimum Gasteiger partial charge on any atom is -0.378 e. The van der Waals surface area contributed by atoms with Gasteiger partial charge in [-0.25, -0.2) is 0 Å². The van der Waals surface area contributed by atoms with E-state index >= 15 is 0 Å². The molecule has 0 aromatic heterocycles. The summed E-state index contributed by atoms with van der Waals surface area (Å²) in [6.07, 6.45) is 1.52. The Labute approximate surface area is 99.5 Å². The maximum Gasteiger partial charge on any atom is 0.276 e. The van der Waals surface area contributed by atoms with Crippen LogP contribution in [-0.2, 0) is 4.74 Å². The Bertz CT molecular complexity index is 439. The quantitative estimate of drug-likeness (QED) is 0.593. The zero-order valence-electron chi connectivity index (χ0n) is 9.46. The molecule has 1 aromatic rings. The van der Waals surface area contributed by atoms with Crippen molar-refractivity contribution in [2.24, 2.45) is 0 Å². The van der Waals surface area contributed by atoms with Gasteiger partial charge in [0.25, 0.3) is 5.69 Å². The lowest BCUT2D eigenvalue weighted by molar-refractivity contribution is -0.385. The Hall–Kier alpha value is -1.88. The number of anilines is 1. The summed E-state index contributed by atoms with van der Waals surface area (Å²) in [5, 5.41) is 10.8. The largest absolute Gasteiger partial charge is 0.378 e. The molecule has 1 fully saturated rings. The predicted octanol–water partition coefficient (Wildman–Crippen LogP) is 2.07. The number of morpholine rings is 1. The van der Waals surface area contributed by atoms with E-state index < -0.39 is 0 Å². The van der Waals surface area contributed by atoms with E-state index in [4.69, 9.17) is 4.74 Å². The first-order valence-electron chi connectivity index (χ1n) is 5.46. The fourth-order valence-electron chi connectivity index (χ4n) is 1.89. The summed E-state index contributed by atoms with van der Waals surface area (Å²) in [6, 6.07) is 5.11. The van der Waals surface area contributed by atoms with Crippen LogP contribution in [-0.4, -0.2) is 31.2 Å². The van der Waals surface area contributed by atoms with E-state index in [1.54, 1.807) is 12.1 Å². The molecule has 0 unspecified atom stereocenters. The lowest BCUT2D eigenvalue weighted by Gasteiger charge is -2.29. The molecule has 2 rings (SSSR count). The molecule has 5 heteroatoms. The van der Waals surface area contributed by atoms with Crippen LogP contribution in [0.3, 0.4) is 0 Å². The number of ether oxygens (including phenoxy) is 1. The van der Waals surface area contributed by atoms with Crippen molar-refractivity contribution in [1.29, 1.82) is 0 Å². The van der Waals surface area contributed by atoms with Crippen molar-refractivity contribution < 1.29 is 9.66 Å². The molecule has 0 bridgehead atoms. The first kappa shape index (κ1) is 11.6. The first-order chi connectivity index (χ1) is 8.22. The summed E-state index contributed by atoms with van der Waals surface area (Å²) >= 11 is 0. The van der Waals surface area contributed by atoms with E-state index in [1.165, 1.54) is 12.1 Å². The molecule has 0 radical (unpaired) electrons. The maximum atomic E-state index is 10.8. The molecule has 0 amide bonds. The number of hydrogen-bond donors (Lipinski definition) is 0. The third kappa shape index (κ3) is 2.45. The lowest BCUT2D eigenvalue weighted by atomic mass is 10.1. The fourth-order valence-corrected chi connectivity index (χ4v) is 1.89. The highest BCUT2D eigenvalue weighted by molar-refractivity contribution is 5.66. The zero-order chi connectivity index (χ0) is 12.3. The monoisotopic (exact) mass is 234 g/mol. The summed E-state index contributed by atoms with van der Waals surface area (Å²) in [4.78, 5) is 12.6. The molecule has 0 spiro atoms. The van der Waals surface area contributed by atoms with Gasteiger partial charge in [-0.15, -0.1) is 0 Å². The third-order valence-corrected chi connectivity index (χ3v) is 2.80. The summed E-state index contributed by atoms with van der Waals surface area (Å²) in [5.74, 6) is 0. The first-order valence-corrected chi connectivity index (χ1v) is 5.46. The highest BCUT2D eigenvalue weighted by Crippen LogP contribution is 2.26. The van der Waals surface area contributed by atoms with Gasteiger partial charge in [-0.1, -0.05) is 12.7 Å². The molecule has 1 aromatic carbocycles. The van der Waals surface area contributed by atoms with Crippen molar-refractivity contribution in [3.05, 3.63) is 40.5 Å². The van der Waals surface area contributed by atoms with Gasteiger partial charge in [-0.3, -0.25) is 10.1 Å². The van der Waals surface area contributed by atoms with Crippen molar-refractivity contribution in [3.8, 4) is 0 Å². The van der Waals surface area contributed by atoms with Crippen LogP contribution in [0.4, 0.5) is 11.4 Å². The average molecular weight is 234 g/mol. The van der Waals surface area contributed by atoms with Crippen molar-refractivity contribution in [1.82, 2.24) is 0 Å². The van der Waals surface area contributed by atoms with E-state index in [9.17, 15) is 10.1 Å². The molecule has 1 aliphatic rings. The molecule has 1 saturated heterocycles. The van der Waals surface area contributed by atoms with E-state index in [0.717, 1.165) is 18.8 Å². The second-order valence-corrected chi connectivity index (χ2v) is 3.80. The van der Waals surface area contributed by atoms with Gasteiger partial charge in [0, 0.05) is 24.8 Å². The van der Waals surface area contributed by atoms with Gasteiger partial charge in [0.05, 0.1) is 23.7 Å². The molecular formula is C12H14N2O3. The zero-order valence-corrected chi connectivity index (χ0v) is 9.46. The number of hydrogen-bond acceptors (Lipinski definition) is 4. The van der Waals surface area contributed by atoms with Gasteiger partial charge < -0.3 is 9.64 Å². The molecule has 0 atom stereocenters. The molecule has 0 N–H and O–H groups in total. The van der Waals surface area contributed by atoms with Gasteiger partial charge in [0.1, 0.15) is 0 Å². The topological polar surface area (TPSA) is 55.6 Å². The van der Waals surface area contributed by atoms with Crippen molar-refractivity contribution >= 4 is 17.5 Å². The van der Waals surface area contributed by atoms with Gasteiger partial charge in [-0.2, -0.15) is 0 Å². The van der Waals surface area contributed by atoms with Gasteiger partial charge in [0.2, 0.25) is 0 Å². The van der Waals surface area contributed by atoms with Crippen LogP contribution in [0.5, 0.6) is 0 Å². The maximum absolute atomic E-state index is 10.8. The van der Waals surface area contributed by atoms with Crippen LogP contribution >= 0.6 is 0 Å². The summed E-state index contributed by atoms with van der Waals surface area (Å²) in [6.45, 7) is 6.63. The van der Waals surface area contributed by atoms with Crippen molar-refractivity contribution in [2.75, 3.05) is 31.2 Å². The number of nitro benzene ring substituents is 1. The number of nitrogens with zero attached hydrogens (tertiary/aromatic N) is 2. The number of rotatable bonds is 3. The second kappa shape index (κ2) is 4.97. The summed E-state index contributed by atoms with van der Waals surface area (Å²) < 4.78 is 5.27. The van der Waals surface area contributed by atoms with Crippen LogP contribution in [0.1, 0.15) is 5.56 Å². The summed E-state index contributed by atoms with van der Waals surface area (Å²) in [7, 11) is 0. The minimum atomic E-state index is -0.389. The van der Waals surface area contributed by atoms with Crippen LogP contribution in [0.2, 0.25) is 0 Å². The van der Waals surface area contributed by atoms with Gasteiger partial charge in [0.15, 0.2) is 0 Å². The van der Waals surface area contributed by atoms with Crippen LogP contribution in [0.25, 0.3) is 6.08 Å². The third-order valence-electron chi connectivity index (χ3n) is 2.80. The number of nitro groups is 1. The highest BCUT2D eigenvalue weighted by atomic mass is 16.6. The van der Waals surface area contributed by atoms with E-state index in [0.29, 0.717) is 18.8 Å². The minimum absolute atomic E-state index is 0.0945. The predicted molar refractivity (Wildman–Crippen MR) is 66.2 cm³/mol. The standard InChI is InChI=1S/C12H14N2O3/c1-2-10-9-11(3-4-12(10)14(15)16)13-5-7-17-8-6-13/h2-4,9H,1,5-8H2. The number of benzene rings is 1.